The largest absolute Gasteiger partial charge is 0.493 e. The molecule has 0 unspecified atom stereocenters. The van der Waals surface area contributed by atoms with Gasteiger partial charge in [-0.1, -0.05) is 36.4 Å². The molecule has 0 saturated carbocycles. The summed E-state index contributed by atoms with van der Waals surface area (Å²) < 4.78 is 41.1. The number of carbonyl (C=O) groups excluding carboxylic acids is 1. The van der Waals surface area contributed by atoms with Gasteiger partial charge in [0.2, 0.25) is 0 Å². The topological polar surface area (TPSA) is 82.1 Å². The lowest BCUT2D eigenvalue weighted by atomic mass is 10.1. The van der Waals surface area contributed by atoms with E-state index in [0.717, 1.165) is 21.8 Å². The average Bonchev–Trinajstić information content (AvgIpc) is 3.21. The Kier molecular flexibility index (Phi) is 7.19. The van der Waals surface area contributed by atoms with Gasteiger partial charge in [0.05, 0.1) is 37.2 Å². The highest BCUT2D eigenvalue weighted by Crippen LogP contribution is 2.37. The van der Waals surface area contributed by atoms with Gasteiger partial charge < -0.3 is 19.1 Å². The number of ether oxygens (including phenoxy) is 3. The summed E-state index contributed by atoms with van der Waals surface area (Å²) in [6, 6.07) is 14.7. The van der Waals surface area contributed by atoms with Gasteiger partial charge in [-0.15, -0.1) is 11.8 Å². The molecule has 0 bridgehead atoms. The van der Waals surface area contributed by atoms with Crippen molar-refractivity contribution in [3.05, 3.63) is 65.4 Å². The fourth-order valence-corrected chi connectivity index (χ4v) is 6.76. The zero-order valence-corrected chi connectivity index (χ0v) is 20.3. The van der Waals surface area contributed by atoms with Crippen LogP contribution < -0.4 is 9.47 Å². The minimum absolute atomic E-state index is 0.0485. The Morgan fingerprint density at radius 1 is 1.12 bits per heavy atom. The molecule has 0 N–H and O–H groups in total. The van der Waals surface area contributed by atoms with Crippen LogP contribution in [0.5, 0.6) is 11.5 Å². The molecule has 2 heterocycles. The normalized spacial score (nSPS) is 19.6. The van der Waals surface area contributed by atoms with E-state index in [0.29, 0.717) is 24.5 Å². The van der Waals surface area contributed by atoms with Crippen LogP contribution in [0.4, 0.5) is 0 Å². The van der Waals surface area contributed by atoms with Crippen molar-refractivity contribution in [1.29, 1.82) is 0 Å². The molecule has 7 nitrogen and oxygen atoms in total. The lowest BCUT2D eigenvalue weighted by Crippen LogP contribution is -2.42. The van der Waals surface area contributed by atoms with Gasteiger partial charge in [-0.3, -0.25) is 4.79 Å². The third-order valence-corrected chi connectivity index (χ3v) is 8.55. The molecule has 2 aliphatic heterocycles. The highest BCUT2D eigenvalue weighted by atomic mass is 32.2. The fraction of sp³-hybridized carbons (Fsp3) is 0.375. The summed E-state index contributed by atoms with van der Waals surface area (Å²) >= 11 is 1.58. The summed E-state index contributed by atoms with van der Waals surface area (Å²) in [6.07, 6.45) is 0.405. The third kappa shape index (κ3) is 5.30. The van der Waals surface area contributed by atoms with E-state index in [1.165, 1.54) is 0 Å². The molecule has 176 valence electrons. The van der Waals surface area contributed by atoms with Gasteiger partial charge in [-0.25, -0.2) is 8.42 Å². The van der Waals surface area contributed by atoms with Crippen LogP contribution in [0, 0.1) is 0 Å². The average molecular weight is 490 g/mol. The number of rotatable bonds is 7. The molecule has 0 radical (unpaired) electrons. The molecule has 0 spiro atoms. The molecule has 1 fully saturated rings. The van der Waals surface area contributed by atoms with Crippen LogP contribution >= 0.6 is 11.8 Å². The number of nitrogens with zero attached hydrogens (tertiary/aromatic N) is 1. The van der Waals surface area contributed by atoms with Crippen molar-refractivity contribution in [3.63, 3.8) is 0 Å². The van der Waals surface area contributed by atoms with E-state index in [-0.39, 0.29) is 29.7 Å². The number of sulfone groups is 1. The van der Waals surface area contributed by atoms with Gasteiger partial charge in [0.15, 0.2) is 27.1 Å². The highest BCUT2D eigenvalue weighted by molar-refractivity contribution is 8.08. The zero-order valence-electron chi connectivity index (χ0n) is 18.7. The van der Waals surface area contributed by atoms with Crippen molar-refractivity contribution in [2.75, 3.05) is 38.1 Å². The summed E-state index contributed by atoms with van der Waals surface area (Å²) in [7, 11) is -0.0712. The van der Waals surface area contributed by atoms with Gasteiger partial charge in [0, 0.05) is 18.3 Å². The monoisotopic (exact) mass is 489 g/mol. The van der Waals surface area contributed by atoms with Gasteiger partial charge in [-0.05, 0) is 29.7 Å². The number of hydrogen-bond donors (Lipinski definition) is 0. The summed E-state index contributed by atoms with van der Waals surface area (Å²) in [4.78, 5) is 16.3. The molecule has 0 aliphatic carbocycles. The molecule has 9 heteroatoms. The molecule has 1 saturated heterocycles. The Balaban J connectivity index is 1.72. The predicted octanol–water partition coefficient (Wildman–Crippen LogP) is 3.35. The van der Waals surface area contributed by atoms with E-state index in [2.05, 4.69) is 0 Å². The van der Waals surface area contributed by atoms with Crippen molar-refractivity contribution in [2.45, 2.75) is 19.0 Å². The highest BCUT2D eigenvalue weighted by Gasteiger charge is 2.37. The van der Waals surface area contributed by atoms with E-state index >= 15 is 0 Å². The molecular formula is C24H27NO6S2. The van der Waals surface area contributed by atoms with Crippen LogP contribution in [0.3, 0.4) is 0 Å². The molecule has 0 aromatic heterocycles. The van der Waals surface area contributed by atoms with Crippen LogP contribution in [0.1, 0.15) is 17.5 Å². The Hall–Kier alpha value is -2.65. The predicted molar refractivity (Wildman–Crippen MR) is 129 cm³/mol. The lowest BCUT2D eigenvalue weighted by molar-refractivity contribution is -0.133. The fourth-order valence-electron chi connectivity index (χ4n) is 4.08. The number of carbonyl (C=O) groups is 1. The van der Waals surface area contributed by atoms with Gasteiger partial charge in [0.1, 0.15) is 0 Å². The number of hydrogen-bond acceptors (Lipinski definition) is 7. The summed E-state index contributed by atoms with van der Waals surface area (Å²) in [5.41, 5.74) is 1.73. The standard InChI is InChI=1S/C24H27NO6S2/c1-29-20-9-8-17(14-21(20)30-2)15-25(19-10-13-33(27,28)16-19)24(26)22-23(32-12-11-31-22)18-6-4-3-5-7-18/h3-9,14,19H,10-13,15-16H2,1-2H3/t19-/m0/s1. The van der Waals surface area contributed by atoms with Gasteiger partial charge in [0.25, 0.3) is 5.91 Å². The summed E-state index contributed by atoms with van der Waals surface area (Å²) in [5.74, 6) is 1.90. The third-order valence-electron chi connectivity index (χ3n) is 5.72. The maximum Gasteiger partial charge on any atom is 0.290 e. The number of methoxy groups -OCH3 is 2. The smallest absolute Gasteiger partial charge is 0.290 e. The maximum atomic E-state index is 13.8. The number of amides is 1. The molecular weight excluding hydrogens is 462 g/mol. The van der Waals surface area contributed by atoms with Crippen LogP contribution in [-0.2, 0) is 25.9 Å². The molecule has 33 heavy (non-hydrogen) atoms. The molecule has 2 aliphatic rings. The molecule has 2 aromatic carbocycles. The van der Waals surface area contributed by atoms with E-state index in [1.807, 2.05) is 42.5 Å². The van der Waals surface area contributed by atoms with E-state index in [1.54, 1.807) is 36.9 Å². The van der Waals surface area contributed by atoms with Crippen molar-refractivity contribution in [1.82, 2.24) is 4.90 Å². The Bertz CT molecular complexity index is 1150. The summed E-state index contributed by atoms with van der Waals surface area (Å²) in [6.45, 7) is 0.661. The quantitative estimate of drug-likeness (QED) is 0.590. The van der Waals surface area contributed by atoms with Crippen molar-refractivity contribution in [2.24, 2.45) is 0 Å². The Morgan fingerprint density at radius 3 is 2.55 bits per heavy atom. The second kappa shape index (κ2) is 10.1. The first-order valence-corrected chi connectivity index (χ1v) is 13.5. The van der Waals surface area contributed by atoms with Crippen LogP contribution in [0.2, 0.25) is 0 Å². The first-order valence-electron chi connectivity index (χ1n) is 10.7. The van der Waals surface area contributed by atoms with Crippen LogP contribution in [0.25, 0.3) is 4.91 Å². The second-order valence-electron chi connectivity index (χ2n) is 7.90. The second-order valence-corrected chi connectivity index (χ2v) is 11.2. The maximum absolute atomic E-state index is 13.8. The number of benzene rings is 2. The first kappa shape index (κ1) is 23.5. The minimum Gasteiger partial charge on any atom is -0.493 e. The SMILES string of the molecule is COc1ccc(CN(C(=O)C2=C(c3ccccc3)SCCO2)[C@H]2CCS(=O)(=O)C2)cc1OC. The molecule has 1 atom stereocenters. The van der Waals surface area contributed by atoms with Crippen LogP contribution in [0.15, 0.2) is 54.3 Å². The van der Waals surface area contributed by atoms with Gasteiger partial charge in [-0.2, -0.15) is 0 Å². The molecule has 1 amide bonds. The van der Waals surface area contributed by atoms with Crippen molar-refractivity contribution < 1.29 is 27.4 Å². The molecule has 4 rings (SSSR count). The van der Waals surface area contributed by atoms with E-state index in [9.17, 15) is 13.2 Å². The Morgan fingerprint density at radius 2 is 1.88 bits per heavy atom. The number of thioether (sulfide) groups is 1. The first-order chi connectivity index (χ1) is 15.9. The zero-order chi connectivity index (χ0) is 23.4. The molecule has 2 aromatic rings. The van der Waals surface area contributed by atoms with E-state index < -0.39 is 15.9 Å². The lowest BCUT2D eigenvalue weighted by Gasteiger charge is -2.31. The van der Waals surface area contributed by atoms with Crippen molar-refractivity contribution >= 4 is 32.4 Å². The minimum atomic E-state index is -3.19. The van der Waals surface area contributed by atoms with Crippen molar-refractivity contribution in [3.8, 4) is 11.5 Å². The van der Waals surface area contributed by atoms with Gasteiger partial charge >= 0.3 is 0 Å². The van der Waals surface area contributed by atoms with Crippen LogP contribution in [-0.4, -0.2) is 63.4 Å². The Labute approximate surface area is 198 Å². The summed E-state index contributed by atoms with van der Waals surface area (Å²) in [5, 5.41) is 0. The van der Waals surface area contributed by atoms with E-state index in [4.69, 9.17) is 14.2 Å².